The number of hydrogen-bond donors (Lipinski definition) is 0. The van der Waals surface area contributed by atoms with Crippen molar-refractivity contribution in [3.8, 4) is 11.5 Å². The van der Waals surface area contributed by atoms with E-state index in [-0.39, 0.29) is 11.8 Å². The third kappa shape index (κ3) is 4.62. The number of amides is 2. The molecule has 0 atom stereocenters. The van der Waals surface area contributed by atoms with Crippen molar-refractivity contribution in [3.63, 3.8) is 0 Å². The molecule has 0 aliphatic carbocycles. The Balaban J connectivity index is 1.66. The quantitative estimate of drug-likeness (QED) is 0.775. The van der Waals surface area contributed by atoms with Gasteiger partial charge in [-0.15, -0.1) is 0 Å². The summed E-state index contributed by atoms with van der Waals surface area (Å²) in [5, 5.41) is 0. The lowest BCUT2D eigenvalue weighted by Crippen LogP contribution is -2.50. The van der Waals surface area contributed by atoms with Crippen LogP contribution in [0.3, 0.4) is 0 Å². The lowest BCUT2D eigenvalue weighted by atomic mass is 10.1. The fourth-order valence-corrected chi connectivity index (χ4v) is 3.33. The van der Waals surface area contributed by atoms with E-state index in [0.717, 1.165) is 5.69 Å². The molecule has 2 aromatic carbocycles. The number of carbonyl (C=O) groups is 2. The first kappa shape index (κ1) is 20.5. The van der Waals surface area contributed by atoms with Crippen LogP contribution in [0.25, 0.3) is 0 Å². The number of benzene rings is 2. The first-order valence-corrected chi connectivity index (χ1v) is 9.52. The van der Waals surface area contributed by atoms with Crippen LogP contribution >= 0.6 is 0 Å². The number of nitrogens with zero attached hydrogens (tertiary/aromatic N) is 3. The maximum absolute atomic E-state index is 12.9. The maximum Gasteiger partial charge on any atom is 0.254 e. The van der Waals surface area contributed by atoms with Crippen LogP contribution in [-0.4, -0.2) is 76.1 Å². The number of hydrogen-bond acceptors (Lipinski definition) is 5. The van der Waals surface area contributed by atoms with Crippen LogP contribution in [-0.2, 0) is 0 Å². The van der Waals surface area contributed by atoms with Gasteiger partial charge in [0.25, 0.3) is 11.8 Å². The van der Waals surface area contributed by atoms with Crippen LogP contribution in [0.2, 0.25) is 0 Å². The number of rotatable bonds is 5. The molecule has 3 rings (SSSR count). The van der Waals surface area contributed by atoms with Crippen molar-refractivity contribution in [3.05, 3.63) is 53.6 Å². The zero-order valence-corrected chi connectivity index (χ0v) is 17.3. The Bertz CT molecular complexity index is 867. The minimum Gasteiger partial charge on any atom is -0.497 e. The fraction of sp³-hybridized carbons (Fsp3) is 0.364. The Labute approximate surface area is 171 Å². The van der Waals surface area contributed by atoms with Crippen molar-refractivity contribution in [2.75, 3.05) is 59.4 Å². The lowest BCUT2D eigenvalue weighted by Gasteiger charge is -2.35. The fourth-order valence-electron chi connectivity index (χ4n) is 3.33. The number of carbonyl (C=O) groups excluding carboxylic acids is 2. The minimum absolute atomic E-state index is 0.0103. The summed E-state index contributed by atoms with van der Waals surface area (Å²) in [6.07, 6.45) is 0. The number of methoxy groups -OCH3 is 2. The molecule has 29 heavy (non-hydrogen) atoms. The molecule has 0 N–H and O–H groups in total. The highest BCUT2D eigenvalue weighted by Crippen LogP contribution is 2.24. The molecule has 7 heteroatoms. The highest BCUT2D eigenvalue weighted by molar-refractivity contribution is 5.97. The van der Waals surface area contributed by atoms with Crippen LogP contribution in [0.1, 0.15) is 20.7 Å². The summed E-state index contributed by atoms with van der Waals surface area (Å²) in [4.78, 5) is 31.3. The van der Waals surface area contributed by atoms with Gasteiger partial charge in [-0.05, 0) is 30.3 Å². The maximum atomic E-state index is 12.9. The van der Waals surface area contributed by atoms with E-state index in [9.17, 15) is 9.59 Å². The van der Waals surface area contributed by atoms with Crippen molar-refractivity contribution >= 4 is 17.5 Å². The molecule has 0 spiro atoms. The highest BCUT2D eigenvalue weighted by atomic mass is 16.5. The summed E-state index contributed by atoms with van der Waals surface area (Å²) in [6.45, 7) is 1.96. The summed E-state index contributed by atoms with van der Waals surface area (Å²) in [5.74, 6) is 1.04. The van der Waals surface area contributed by atoms with E-state index >= 15 is 0 Å². The Kier molecular flexibility index (Phi) is 6.26. The molecule has 1 aliphatic rings. The van der Waals surface area contributed by atoms with E-state index in [2.05, 4.69) is 0 Å². The van der Waals surface area contributed by atoms with Gasteiger partial charge in [0.1, 0.15) is 11.5 Å². The number of piperazine rings is 1. The summed E-state index contributed by atoms with van der Waals surface area (Å²) < 4.78 is 10.5. The second kappa shape index (κ2) is 8.86. The van der Waals surface area contributed by atoms with E-state index in [4.69, 9.17) is 9.47 Å². The van der Waals surface area contributed by atoms with Crippen LogP contribution in [0, 0.1) is 0 Å². The van der Waals surface area contributed by atoms with Crippen LogP contribution in [0.4, 0.5) is 5.69 Å². The smallest absolute Gasteiger partial charge is 0.254 e. The molecule has 0 radical (unpaired) electrons. The Hall–Kier alpha value is -3.22. The topological polar surface area (TPSA) is 62.3 Å². The number of ether oxygens (including phenoxy) is 2. The van der Waals surface area contributed by atoms with E-state index < -0.39 is 0 Å². The zero-order valence-electron chi connectivity index (χ0n) is 17.3. The van der Waals surface area contributed by atoms with Gasteiger partial charge < -0.3 is 24.2 Å². The molecule has 0 saturated carbocycles. The average Bonchev–Trinajstić information content (AvgIpc) is 2.77. The van der Waals surface area contributed by atoms with Crippen molar-refractivity contribution in [1.82, 2.24) is 9.80 Å². The Morgan fingerprint density at radius 1 is 0.793 bits per heavy atom. The average molecular weight is 397 g/mol. The molecule has 1 heterocycles. The van der Waals surface area contributed by atoms with Crippen molar-refractivity contribution < 1.29 is 19.1 Å². The molecule has 7 nitrogen and oxygen atoms in total. The molecule has 0 unspecified atom stereocenters. The molecule has 1 aliphatic heterocycles. The van der Waals surface area contributed by atoms with Crippen molar-refractivity contribution in [1.29, 1.82) is 0 Å². The normalized spacial score (nSPS) is 13.8. The Morgan fingerprint density at radius 2 is 1.31 bits per heavy atom. The second-order valence-corrected chi connectivity index (χ2v) is 7.13. The first-order chi connectivity index (χ1) is 13.9. The predicted molar refractivity (Wildman–Crippen MR) is 112 cm³/mol. The van der Waals surface area contributed by atoms with Gasteiger partial charge in [0, 0.05) is 63.2 Å². The van der Waals surface area contributed by atoms with E-state index in [1.54, 1.807) is 42.2 Å². The van der Waals surface area contributed by atoms with Gasteiger partial charge in [-0.3, -0.25) is 9.59 Å². The monoisotopic (exact) mass is 397 g/mol. The molecule has 2 amide bonds. The molecule has 154 valence electrons. The van der Waals surface area contributed by atoms with Crippen LogP contribution in [0.5, 0.6) is 11.5 Å². The predicted octanol–water partition coefficient (Wildman–Crippen LogP) is 2.37. The molecule has 1 saturated heterocycles. The minimum atomic E-state index is -0.0936. The van der Waals surface area contributed by atoms with E-state index in [1.165, 1.54) is 0 Å². The van der Waals surface area contributed by atoms with Crippen molar-refractivity contribution in [2.45, 2.75) is 0 Å². The van der Waals surface area contributed by atoms with E-state index in [1.807, 2.05) is 43.3 Å². The van der Waals surface area contributed by atoms with Gasteiger partial charge in [-0.1, -0.05) is 6.07 Å². The molecule has 0 bridgehead atoms. The molecule has 0 aromatic heterocycles. The second-order valence-electron chi connectivity index (χ2n) is 7.13. The van der Waals surface area contributed by atoms with Gasteiger partial charge in [0.2, 0.25) is 0 Å². The molecular weight excluding hydrogens is 370 g/mol. The lowest BCUT2D eigenvalue weighted by molar-refractivity contribution is 0.0535. The standard InChI is InChI=1S/C22H27N3O4/c1-23(2)18-7-5-6-16(12-18)21(26)24-8-10-25(11-9-24)22(27)17-13-19(28-3)15-20(14-17)29-4/h5-7,12-15H,8-11H2,1-4H3. The largest absolute Gasteiger partial charge is 0.497 e. The molecular formula is C22H27N3O4. The van der Waals surface area contributed by atoms with Crippen LogP contribution in [0.15, 0.2) is 42.5 Å². The van der Waals surface area contributed by atoms with Crippen LogP contribution < -0.4 is 14.4 Å². The highest BCUT2D eigenvalue weighted by Gasteiger charge is 2.26. The molecule has 1 fully saturated rings. The molecule has 2 aromatic rings. The summed E-state index contributed by atoms with van der Waals surface area (Å²) in [6, 6.07) is 12.7. The van der Waals surface area contributed by atoms with Gasteiger partial charge in [0.05, 0.1) is 14.2 Å². The van der Waals surface area contributed by atoms with Crippen molar-refractivity contribution in [2.24, 2.45) is 0 Å². The van der Waals surface area contributed by atoms with E-state index in [0.29, 0.717) is 48.8 Å². The van der Waals surface area contributed by atoms with Gasteiger partial charge in [0.15, 0.2) is 0 Å². The SMILES string of the molecule is COc1cc(OC)cc(C(=O)N2CCN(C(=O)c3cccc(N(C)C)c3)CC2)c1. The third-order valence-electron chi connectivity index (χ3n) is 5.06. The van der Waals surface area contributed by atoms with Gasteiger partial charge in [-0.25, -0.2) is 0 Å². The summed E-state index contributed by atoms with van der Waals surface area (Å²) in [5.41, 5.74) is 2.16. The zero-order chi connectivity index (χ0) is 21.0. The third-order valence-corrected chi connectivity index (χ3v) is 5.06. The van der Waals surface area contributed by atoms with Gasteiger partial charge in [-0.2, -0.15) is 0 Å². The summed E-state index contributed by atoms with van der Waals surface area (Å²) >= 11 is 0. The van der Waals surface area contributed by atoms with Gasteiger partial charge >= 0.3 is 0 Å². The summed E-state index contributed by atoms with van der Waals surface area (Å²) in [7, 11) is 7.00. The Morgan fingerprint density at radius 3 is 1.79 bits per heavy atom. The number of anilines is 1. The first-order valence-electron chi connectivity index (χ1n) is 9.52.